The molecule has 0 bridgehead atoms. The molecule has 6 nitrogen and oxygen atoms in total. The van der Waals surface area contributed by atoms with Gasteiger partial charge in [-0.1, -0.05) is 48.5 Å². The first-order chi connectivity index (χ1) is 12.5. The Kier molecular flexibility index (Phi) is 5.58. The zero-order valence-corrected chi connectivity index (χ0v) is 15.6. The second-order valence-corrected chi connectivity index (χ2v) is 8.31. The van der Waals surface area contributed by atoms with Crippen molar-refractivity contribution in [1.82, 2.24) is 14.9 Å². The number of rotatable bonds is 5. The molecule has 138 valence electrons. The number of nitrogens with zero attached hydrogens (tertiary/aromatic N) is 1. The number of carbonyl (C=O) groups is 1. The van der Waals surface area contributed by atoms with Crippen LogP contribution in [0.15, 0.2) is 48.5 Å². The first kappa shape index (κ1) is 18.4. The zero-order valence-electron chi connectivity index (χ0n) is 14.7. The van der Waals surface area contributed by atoms with Crippen molar-refractivity contribution in [3.63, 3.8) is 0 Å². The number of sulfonamides is 1. The van der Waals surface area contributed by atoms with Crippen LogP contribution in [0, 0.1) is 0 Å². The van der Waals surface area contributed by atoms with Crippen molar-refractivity contribution in [2.45, 2.75) is 25.3 Å². The van der Waals surface area contributed by atoms with Crippen LogP contribution in [0.4, 0.5) is 4.79 Å². The van der Waals surface area contributed by atoms with Gasteiger partial charge in [0.05, 0.1) is 5.75 Å². The van der Waals surface area contributed by atoms with Crippen molar-refractivity contribution in [2.24, 2.45) is 0 Å². The van der Waals surface area contributed by atoms with Crippen LogP contribution in [0.25, 0.3) is 0 Å². The van der Waals surface area contributed by atoms with E-state index in [1.165, 1.54) is 18.2 Å². The molecule has 1 aliphatic heterocycles. The number of nitrogens with one attached hydrogen (secondary N) is 2. The molecule has 7 heteroatoms. The number of benzene rings is 2. The lowest BCUT2D eigenvalue weighted by atomic mass is 10.0. The van der Waals surface area contributed by atoms with Gasteiger partial charge in [0.25, 0.3) is 0 Å². The Labute approximate surface area is 154 Å². The van der Waals surface area contributed by atoms with Gasteiger partial charge in [0.15, 0.2) is 0 Å². The highest BCUT2D eigenvalue weighted by Crippen LogP contribution is 2.18. The summed E-state index contributed by atoms with van der Waals surface area (Å²) >= 11 is 0. The quantitative estimate of drug-likeness (QED) is 0.841. The first-order valence-corrected chi connectivity index (χ1v) is 10.2. The van der Waals surface area contributed by atoms with E-state index in [1.807, 2.05) is 18.2 Å². The van der Waals surface area contributed by atoms with Gasteiger partial charge in [-0.2, -0.15) is 0 Å². The van der Waals surface area contributed by atoms with Crippen LogP contribution in [0.1, 0.15) is 22.3 Å². The number of fused-ring (bicyclic) bond motifs is 1. The first-order valence-electron chi connectivity index (χ1n) is 8.55. The van der Waals surface area contributed by atoms with Crippen molar-refractivity contribution in [1.29, 1.82) is 0 Å². The van der Waals surface area contributed by atoms with Gasteiger partial charge in [-0.05, 0) is 35.7 Å². The van der Waals surface area contributed by atoms with E-state index in [0.29, 0.717) is 25.2 Å². The van der Waals surface area contributed by atoms with Crippen LogP contribution < -0.4 is 10.0 Å². The largest absolute Gasteiger partial charge is 0.334 e. The molecule has 0 aromatic heterocycles. The highest BCUT2D eigenvalue weighted by atomic mass is 32.2. The monoisotopic (exact) mass is 373 g/mol. The summed E-state index contributed by atoms with van der Waals surface area (Å²) in [6.07, 6.45) is 0.862. The molecule has 2 amide bonds. The fourth-order valence-electron chi connectivity index (χ4n) is 3.08. The van der Waals surface area contributed by atoms with E-state index in [0.717, 1.165) is 12.0 Å². The maximum atomic E-state index is 12.5. The Balaban J connectivity index is 1.58. The molecular weight excluding hydrogens is 350 g/mol. The lowest BCUT2D eigenvalue weighted by Crippen LogP contribution is -2.42. The third-order valence-electron chi connectivity index (χ3n) is 4.52. The van der Waals surface area contributed by atoms with E-state index in [1.54, 1.807) is 23.1 Å². The number of amides is 2. The average Bonchev–Trinajstić information content (AvgIpc) is 2.65. The van der Waals surface area contributed by atoms with Gasteiger partial charge in [-0.25, -0.2) is 17.9 Å². The van der Waals surface area contributed by atoms with E-state index in [4.69, 9.17) is 0 Å². The smallest absolute Gasteiger partial charge is 0.317 e. The Hall–Kier alpha value is -2.38. The predicted octanol–water partition coefficient (Wildman–Crippen LogP) is 2.00. The highest BCUT2D eigenvalue weighted by molar-refractivity contribution is 7.88. The van der Waals surface area contributed by atoms with Gasteiger partial charge in [0.2, 0.25) is 10.0 Å². The maximum Gasteiger partial charge on any atom is 0.317 e. The number of hydrogen-bond acceptors (Lipinski definition) is 3. The van der Waals surface area contributed by atoms with Crippen molar-refractivity contribution in [3.05, 3.63) is 70.8 Å². The van der Waals surface area contributed by atoms with Gasteiger partial charge in [0.1, 0.15) is 0 Å². The fourth-order valence-corrected chi connectivity index (χ4v) is 3.84. The molecule has 0 fully saturated rings. The molecule has 2 aromatic rings. The minimum atomic E-state index is -3.31. The van der Waals surface area contributed by atoms with Crippen LogP contribution in [0.5, 0.6) is 0 Å². The molecule has 2 N–H and O–H groups in total. The molecular formula is C19H23N3O3S. The van der Waals surface area contributed by atoms with Gasteiger partial charge in [0, 0.05) is 19.6 Å². The molecule has 0 aliphatic carbocycles. The second kappa shape index (κ2) is 7.88. The molecule has 2 aromatic carbocycles. The minimum Gasteiger partial charge on any atom is -0.334 e. The summed E-state index contributed by atoms with van der Waals surface area (Å²) in [7, 11) is -1.91. The standard InChI is InChI=1S/C19H23N3O3S/c1-20-26(24,25)14-16-6-4-5-15(11-16)12-21-19(23)22-10-9-17-7-2-3-8-18(17)13-22/h2-8,11,20H,9-10,12-14H2,1H3,(H,21,23). The molecule has 0 spiro atoms. The molecule has 26 heavy (non-hydrogen) atoms. The topological polar surface area (TPSA) is 78.5 Å². The fraction of sp³-hybridized carbons (Fsp3) is 0.316. The Morgan fingerprint density at radius 3 is 2.58 bits per heavy atom. The van der Waals surface area contributed by atoms with E-state index in [2.05, 4.69) is 22.2 Å². The van der Waals surface area contributed by atoms with Crippen LogP contribution in [0.2, 0.25) is 0 Å². The van der Waals surface area contributed by atoms with Crippen molar-refractivity contribution in [3.8, 4) is 0 Å². The number of urea groups is 1. The predicted molar refractivity (Wildman–Crippen MR) is 101 cm³/mol. The summed E-state index contributed by atoms with van der Waals surface area (Å²) in [5, 5.41) is 2.93. The average molecular weight is 373 g/mol. The molecule has 0 saturated carbocycles. The third kappa shape index (κ3) is 4.62. The Bertz CT molecular complexity index is 896. The Morgan fingerprint density at radius 1 is 1.08 bits per heavy atom. The summed E-state index contributed by atoms with van der Waals surface area (Å²) in [5.41, 5.74) is 4.06. The van der Waals surface area contributed by atoms with E-state index in [9.17, 15) is 13.2 Å². The van der Waals surface area contributed by atoms with Crippen LogP contribution in [0.3, 0.4) is 0 Å². The number of hydrogen-bond donors (Lipinski definition) is 2. The van der Waals surface area contributed by atoms with Gasteiger partial charge >= 0.3 is 6.03 Å². The summed E-state index contributed by atoms with van der Waals surface area (Å²) in [5.74, 6) is -0.0752. The van der Waals surface area contributed by atoms with E-state index < -0.39 is 10.0 Å². The summed E-state index contributed by atoms with van der Waals surface area (Å²) in [6.45, 7) is 1.68. The van der Waals surface area contributed by atoms with Gasteiger partial charge in [-0.3, -0.25) is 0 Å². The zero-order chi connectivity index (χ0) is 18.6. The lowest BCUT2D eigenvalue weighted by Gasteiger charge is -2.29. The van der Waals surface area contributed by atoms with Crippen molar-refractivity contribution in [2.75, 3.05) is 13.6 Å². The molecule has 3 rings (SSSR count). The minimum absolute atomic E-state index is 0.0752. The van der Waals surface area contributed by atoms with Gasteiger partial charge < -0.3 is 10.2 Å². The molecule has 1 heterocycles. The normalized spacial score (nSPS) is 14.0. The van der Waals surface area contributed by atoms with Gasteiger partial charge in [-0.15, -0.1) is 0 Å². The summed E-state index contributed by atoms with van der Waals surface area (Å²) in [6, 6.07) is 15.3. The molecule has 0 radical (unpaired) electrons. The third-order valence-corrected chi connectivity index (χ3v) is 5.86. The van der Waals surface area contributed by atoms with Crippen LogP contribution in [-0.2, 0) is 35.3 Å². The summed E-state index contributed by atoms with van der Waals surface area (Å²) < 4.78 is 25.6. The van der Waals surface area contributed by atoms with E-state index in [-0.39, 0.29) is 11.8 Å². The van der Waals surface area contributed by atoms with Crippen molar-refractivity contribution >= 4 is 16.1 Å². The molecule has 0 saturated heterocycles. The molecule has 0 unspecified atom stereocenters. The molecule has 1 aliphatic rings. The Morgan fingerprint density at radius 2 is 1.81 bits per heavy atom. The second-order valence-electron chi connectivity index (χ2n) is 6.38. The SMILES string of the molecule is CNS(=O)(=O)Cc1cccc(CNC(=O)N2CCc3ccccc3C2)c1. The lowest BCUT2D eigenvalue weighted by molar-refractivity contribution is 0.192. The molecule has 0 atom stereocenters. The highest BCUT2D eigenvalue weighted by Gasteiger charge is 2.20. The van der Waals surface area contributed by atoms with E-state index >= 15 is 0 Å². The maximum absolute atomic E-state index is 12.5. The number of carbonyl (C=O) groups excluding carboxylic acids is 1. The van der Waals surface area contributed by atoms with Crippen LogP contribution in [-0.4, -0.2) is 32.9 Å². The summed E-state index contributed by atoms with van der Waals surface area (Å²) in [4.78, 5) is 14.3. The van der Waals surface area contributed by atoms with Crippen molar-refractivity contribution < 1.29 is 13.2 Å². The van der Waals surface area contributed by atoms with Crippen LogP contribution >= 0.6 is 0 Å².